The molecule has 24 heavy (non-hydrogen) atoms. The lowest BCUT2D eigenvalue weighted by molar-refractivity contribution is 0.0525. The molecule has 0 aliphatic carbocycles. The van der Waals surface area contributed by atoms with E-state index in [1.807, 2.05) is 18.2 Å². The number of carbonyl (C=O) groups is 1. The Hall–Kier alpha value is -1.85. The first-order valence-corrected chi connectivity index (χ1v) is 8.70. The Balaban J connectivity index is 2.09. The predicted molar refractivity (Wildman–Crippen MR) is 95.7 cm³/mol. The second kappa shape index (κ2) is 7.81. The highest BCUT2D eigenvalue weighted by atomic mass is 32.2. The number of carbonyl (C=O) groups excluding carboxylic acids is 1. The molecular formula is C19H22FNO2S. The molecule has 0 aliphatic heterocycles. The van der Waals surface area contributed by atoms with Gasteiger partial charge in [0, 0.05) is 10.1 Å². The van der Waals surface area contributed by atoms with Crippen molar-refractivity contribution in [2.45, 2.75) is 36.5 Å². The topological polar surface area (TPSA) is 49.3 Å². The number of halogens is 1. The lowest BCUT2D eigenvalue weighted by atomic mass is 9.96. The molecule has 1 unspecified atom stereocenters. The Bertz CT molecular complexity index is 699. The lowest BCUT2D eigenvalue weighted by Gasteiger charge is -2.24. The molecule has 0 saturated heterocycles. The van der Waals surface area contributed by atoms with Crippen molar-refractivity contribution in [1.82, 2.24) is 5.32 Å². The van der Waals surface area contributed by atoms with Crippen LogP contribution in [0.25, 0.3) is 0 Å². The number of hydrogen-bond acceptors (Lipinski definition) is 3. The normalized spacial score (nSPS) is 13.6. The molecule has 2 N–H and O–H groups in total. The number of amides is 1. The van der Waals surface area contributed by atoms with Crippen LogP contribution in [0.4, 0.5) is 4.39 Å². The molecule has 1 amide bonds. The fourth-order valence-corrected chi connectivity index (χ4v) is 3.22. The summed E-state index contributed by atoms with van der Waals surface area (Å²) < 4.78 is 13.0. The smallest absolute Gasteiger partial charge is 0.252 e. The fraction of sp³-hybridized carbons (Fsp3) is 0.316. The van der Waals surface area contributed by atoms with Crippen LogP contribution in [0.5, 0.6) is 0 Å². The van der Waals surface area contributed by atoms with Gasteiger partial charge in [-0.25, -0.2) is 4.39 Å². The second-order valence-corrected chi connectivity index (χ2v) is 7.74. The number of thioether (sulfide) groups is 1. The van der Waals surface area contributed by atoms with Crippen molar-refractivity contribution in [3.63, 3.8) is 0 Å². The molecule has 0 fully saturated rings. The van der Waals surface area contributed by atoms with Gasteiger partial charge >= 0.3 is 0 Å². The van der Waals surface area contributed by atoms with E-state index in [4.69, 9.17) is 0 Å². The van der Waals surface area contributed by atoms with Gasteiger partial charge in [-0.05, 0) is 36.8 Å². The average molecular weight is 347 g/mol. The highest BCUT2D eigenvalue weighted by Gasteiger charge is 2.24. The molecule has 0 saturated carbocycles. The summed E-state index contributed by atoms with van der Waals surface area (Å²) in [5.74, 6) is -0.598. The van der Waals surface area contributed by atoms with Crippen molar-refractivity contribution in [3.8, 4) is 0 Å². The van der Waals surface area contributed by atoms with Crippen LogP contribution in [0.15, 0.2) is 53.4 Å². The Labute approximate surface area is 146 Å². The fourth-order valence-electron chi connectivity index (χ4n) is 2.27. The maximum absolute atomic E-state index is 13.0. The summed E-state index contributed by atoms with van der Waals surface area (Å²) >= 11 is 1.62. The first-order valence-electron chi connectivity index (χ1n) is 7.82. The van der Waals surface area contributed by atoms with Gasteiger partial charge in [0.25, 0.3) is 5.91 Å². The minimum absolute atomic E-state index is 0.0398. The molecule has 0 aliphatic rings. The molecule has 3 nitrogen and oxygen atoms in total. The van der Waals surface area contributed by atoms with Gasteiger partial charge in [-0.3, -0.25) is 4.79 Å². The zero-order valence-corrected chi connectivity index (χ0v) is 14.9. The summed E-state index contributed by atoms with van der Waals surface area (Å²) in [6.07, 6.45) is 0. The number of aliphatic hydroxyl groups is 1. The van der Waals surface area contributed by atoms with Crippen molar-refractivity contribution in [1.29, 1.82) is 0 Å². The Morgan fingerprint density at radius 2 is 1.83 bits per heavy atom. The van der Waals surface area contributed by atoms with Gasteiger partial charge in [0.1, 0.15) is 11.4 Å². The molecule has 2 rings (SSSR count). The molecule has 1 atom stereocenters. The van der Waals surface area contributed by atoms with Crippen LogP contribution in [0.3, 0.4) is 0 Å². The largest absolute Gasteiger partial charge is 0.384 e. The molecule has 0 heterocycles. The molecule has 0 aromatic heterocycles. The van der Waals surface area contributed by atoms with Gasteiger partial charge in [-0.15, -0.1) is 11.8 Å². The zero-order valence-electron chi connectivity index (χ0n) is 14.0. The van der Waals surface area contributed by atoms with Crippen molar-refractivity contribution >= 4 is 17.7 Å². The molecule has 0 radical (unpaired) electrons. The standard InChI is InChI=1S/C19H22FNO2S/c1-13(2)24-17-7-5-4-6-16(17)18(22)21-12-19(3,23)14-8-10-15(20)11-9-14/h4-11,13,23H,12H2,1-3H3,(H,21,22). The molecular weight excluding hydrogens is 325 g/mol. The third-order valence-electron chi connectivity index (χ3n) is 3.55. The summed E-state index contributed by atoms with van der Waals surface area (Å²) in [5.41, 5.74) is -0.135. The first kappa shape index (κ1) is 18.5. The van der Waals surface area contributed by atoms with Crippen LogP contribution in [-0.2, 0) is 5.60 Å². The van der Waals surface area contributed by atoms with Gasteiger partial charge in [0.2, 0.25) is 0 Å². The number of benzene rings is 2. The summed E-state index contributed by atoms with van der Waals surface area (Å²) in [4.78, 5) is 13.4. The van der Waals surface area contributed by atoms with Crippen LogP contribution in [0.2, 0.25) is 0 Å². The SMILES string of the molecule is CC(C)Sc1ccccc1C(=O)NCC(C)(O)c1ccc(F)cc1. The minimum Gasteiger partial charge on any atom is -0.384 e. The zero-order chi connectivity index (χ0) is 17.7. The van der Waals surface area contributed by atoms with Crippen LogP contribution in [0.1, 0.15) is 36.7 Å². The van der Waals surface area contributed by atoms with Crippen molar-refractivity contribution in [2.75, 3.05) is 6.54 Å². The summed E-state index contributed by atoms with van der Waals surface area (Å²) in [6.45, 7) is 5.77. The Morgan fingerprint density at radius 1 is 1.21 bits per heavy atom. The van der Waals surface area contributed by atoms with E-state index < -0.39 is 5.60 Å². The summed E-state index contributed by atoms with van der Waals surface area (Å²) in [5, 5.41) is 13.7. The van der Waals surface area contributed by atoms with Gasteiger partial charge in [-0.2, -0.15) is 0 Å². The van der Waals surface area contributed by atoms with E-state index in [-0.39, 0.29) is 18.3 Å². The van der Waals surface area contributed by atoms with Crippen molar-refractivity contribution in [3.05, 3.63) is 65.5 Å². The van der Waals surface area contributed by atoms with Gasteiger partial charge in [0.15, 0.2) is 0 Å². The highest BCUT2D eigenvalue weighted by Crippen LogP contribution is 2.27. The first-order chi connectivity index (χ1) is 11.3. The predicted octanol–water partition coefficient (Wildman–Crippen LogP) is 3.96. The van der Waals surface area contributed by atoms with Gasteiger partial charge < -0.3 is 10.4 Å². The van der Waals surface area contributed by atoms with E-state index in [1.165, 1.54) is 24.3 Å². The van der Waals surface area contributed by atoms with E-state index >= 15 is 0 Å². The maximum atomic E-state index is 13.0. The van der Waals surface area contributed by atoms with E-state index in [0.717, 1.165) is 4.90 Å². The quantitative estimate of drug-likeness (QED) is 0.778. The molecule has 2 aromatic carbocycles. The highest BCUT2D eigenvalue weighted by molar-refractivity contribution is 8.00. The Morgan fingerprint density at radius 3 is 2.46 bits per heavy atom. The average Bonchev–Trinajstić information content (AvgIpc) is 2.53. The second-order valence-electron chi connectivity index (χ2n) is 6.13. The van der Waals surface area contributed by atoms with E-state index in [1.54, 1.807) is 24.8 Å². The van der Waals surface area contributed by atoms with Crippen LogP contribution >= 0.6 is 11.8 Å². The number of rotatable bonds is 6. The van der Waals surface area contributed by atoms with Crippen LogP contribution in [0, 0.1) is 5.82 Å². The third-order valence-corrected chi connectivity index (χ3v) is 4.63. The molecule has 0 bridgehead atoms. The molecule has 2 aromatic rings. The maximum Gasteiger partial charge on any atom is 0.252 e. The van der Waals surface area contributed by atoms with Crippen molar-refractivity contribution in [2.24, 2.45) is 0 Å². The third kappa shape index (κ3) is 4.82. The van der Waals surface area contributed by atoms with Crippen LogP contribution < -0.4 is 5.32 Å². The van der Waals surface area contributed by atoms with Crippen molar-refractivity contribution < 1.29 is 14.3 Å². The Kier molecular flexibility index (Phi) is 6.02. The monoisotopic (exact) mass is 347 g/mol. The molecule has 0 spiro atoms. The van der Waals surface area contributed by atoms with E-state index in [9.17, 15) is 14.3 Å². The molecule has 5 heteroatoms. The van der Waals surface area contributed by atoms with Crippen LogP contribution in [-0.4, -0.2) is 22.8 Å². The number of hydrogen-bond donors (Lipinski definition) is 2. The summed E-state index contributed by atoms with van der Waals surface area (Å²) in [6, 6.07) is 13.0. The summed E-state index contributed by atoms with van der Waals surface area (Å²) in [7, 11) is 0. The lowest BCUT2D eigenvalue weighted by Crippen LogP contribution is -2.38. The van der Waals surface area contributed by atoms with E-state index in [2.05, 4.69) is 19.2 Å². The van der Waals surface area contributed by atoms with Gasteiger partial charge in [0.05, 0.1) is 12.1 Å². The molecule has 128 valence electrons. The number of nitrogens with one attached hydrogen (secondary N) is 1. The van der Waals surface area contributed by atoms with Gasteiger partial charge in [-0.1, -0.05) is 38.1 Å². The van der Waals surface area contributed by atoms with E-state index in [0.29, 0.717) is 16.4 Å². The minimum atomic E-state index is -1.27.